The summed E-state index contributed by atoms with van der Waals surface area (Å²) in [4.78, 5) is 11.8. The van der Waals surface area contributed by atoms with Gasteiger partial charge in [0.15, 0.2) is 0 Å². The Bertz CT molecular complexity index is 286. The van der Waals surface area contributed by atoms with Gasteiger partial charge in [-0.15, -0.1) is 0 Å². The Kier molecular flexibility index (Phi) is 3.99. The Labute approximate surface area is 97.5 Å². The highest BCUT2D eigenvalue weighted by atomic mass is 16.1. The molecule has 3 nitrogen and oxygen atoms in total. The molecule has 3 heteroatoms. The lowest BCUT2D eigenvalue weighted by molar-refractivity contribution is -0.121. The minimum atomic E-state index is 0.163. The van der Waals surface area contributed by atoms with Gasteiger partial charge < -0.3 is 11.1 Å². The minimum absolute atomic E-state index is 0.163. The molecule has 2 aliphatic rings. The van der Waals surface area contributed by atoms with Crippen molar-refractivity contribution < 1.29 is 4.79 Å². The van der Waals surface area contributed by atoms with Gasteiger partial charge in [0.2, 0.25) is 5.91 Å². The van der Waals surface area contributed by atoms with E-state index in [0.29, 0.717) is 6.42 Å². The van der Waals surface area contributed by atoms with Crippen molar-refractivity contribution in [3.63, 3.8) is 0 Å². The van der Waals surface area contributed by atoms with Gasteiger partial charge in [-0.1, -0.05) is 11.6 Å². The summed E-state index contributed by atoms with van der Waals surface area (Å²) in [7, 11) is 0. The number of rotatable bonds is 3. The van der Waals surface area contributed by atoms with Crippen LogP contribution in [0.1, 0.15) is 51.4 Å². The van der Waals surface area contributed by atoms with Gasteiger partial charge in [-0.25, -0.2) is 0 Å². The van der Waals surface area contributed by atoms with E-state index in [1.54, 1.807) is 0 Å². The molecule has 2 rings (SSSR count). The van der Waals surface area contributed by atoms with Gasteiger partial charge in [0, 0.05) is 18.5 Å². The standard InChI is InChI=1S/C13H22N2O/c14-11-7-4-8-12(11)15-13(16)9-10-5-2-1-3-6-10/h5,11-12H,1-4,6-9,14H2,(H,15,16). The van der Waals surface area contributed by atoms with Crippen molar-refractivity contribution in [1.82, 2.24) is 5.32 Å². The zero-order valence-corrected chi connectivity index (χ0v) is 9.87. The van der Waals surface area contributed by atoms with Crippen LogP contribution in [-0.4, -0.2) is 18.0 Å². The van der Waals surface area contributed by atoms with Crippen LogP contribution < -0.4 is 11.1 Å². The highest BCUT2D eigenvalue weighted by Gasteiger charge is 2.25. The third kappa shape index (κ3) is 3.08. The lowest BCUT2D eigenvalue weighted by Crippen LogP contribution is -2.44. The van der Waals surface area contributed by atoms with Crippen LogP contribution in [0.3, 0.4) is 0 Å². The number of carbonyl (C=O) groups excluding carboxylic acids is 1. The van der Waals surface area contributed by atoms with E-state index in [-0.39, 0.29) is 18.0 Å². The summed E-state index contributed by atoms with van der Waals surface area (Å²) in [6, 6.07) is 0.390. The van der Waals surface area contributed by atoms with Crippen LogP contribution in [0.25, 0.3) is 0 Å². The monoisotopic (exact) mass is 222 g/mol. The van der Waals surface area contributed by atoms with Crippen LogP contribution >= 0.6 is 0 Å². The van der Waals surface area contributed by atoms with Crippen LogP contribution in [0.2, 0.25) is 0 Å². The second kappa shape index (κ2) is 5.48. The molecule has 0 aromatic heterocycles. The average Bonchev–Trinajstić information content (AvgIpc) is 2.66. The van der Waals surface area contributed by atoms with Crippen molar-refractivity contribution in [3.05, 3.63) is 11.6 Å². The molecule has 2 aliphatic carbocycles. The van der Waals surface area contributed by atoms with Gasteiger partial charge in [0.25, 0.3) is 0 Å². The molecule has 1 saturated carbocycles. The minimum Gasteiger partial charge on any atom is -0.352 e. The quantitative estimate of drug-likeness (QED) is 0.716. The molecule has 0 heterocycles. The van der Waals surface area contributed by atoms with Crippen molar-refractivity contribution >= 4 is 5.91 Å². The van der Waals surface area contributed by atoms with Gasteiger partial charge in [0.1, 0.15) is 0 Å². The zero-order chi connectivity index (χ0) is 11.4. The fourth-order valence-electron chi connectivity index (χ4n) is 2.70. The summed E-state index contributed by atoms with van der Waals surface area (Å²) < 4.78 is 0. The molecule has 0 bridgehead atoms. The number of nitrogens with two attached hydrogens (primary N) is 1. The molecular weight excluding hydrogens is 200 g/mol. The number of allylic oxidation sites excluding steroid dienone is 1. The molecule has 0 aromatic rings. The van der Waals surface area contributed by atoms with E-state index in [1.807, 2.05) is 0 Å². The first-order chi connectivity index (χ1) is 7.75. The highest BCUT2D eigenvalue weighted by molar-refractivity contribution is 5.79. The predicted octanol–water partition coefficient (Wildman–Crippen LogP) is 1.87. The van der Waals surface area contributed by atoms with E-state index >= 15 is 0 Å². The first kappa shape index (κ1) is 11.6. The van der Waals surface area contributed by atoms with E-state index in [2.05, 4.69) is 11.4 Å². The molecule has 3 N–H and O–H groups in total. The summed E-state index contributed by atoms with van der Waals surface area (Å²) in [6.45, 7) is 0. The number of amides is 1. The normalized spacial score (nSPS) is 29.9. The fraction of sp³-hybridized carbons (Fsp3) is 0.769. The number of hydrogen-bond donors (Lipinski definition) is 2. The number of carbonyl (C=O) groups is 1. The third-order valence-corrected chi connectivity index (χ3v) is 3.69. The molecular formula is C13H22N2O. The molecule has 0 saturated heterocycles. The first-order valence-corrected chi connectivity index (χ1v) is 6.48. The van der Waals surface area contributed by atoms with E-state index in [9.17, 15) is 4.79 Å². The summed E-state index contributed by atoms with van der Waals surface area (Å²) >= 11 is 0. The van der Waals surface area contributed by atoms with Crippen LogP contribution in [0.15, 0.2) is 11.6 Å². The summed E-state index contributed by atoms with van der Waals surface area (Å²) in [6.07, 6.45) is 10.8. The predicted molar refractivity (Wildman–Crippen MR) is 64.9 cm³/mol. The number of nitrogens with one attached hydrogen (secondary N) is 1. The van der Waals surface area contributed by atoms with Crippen LogP contribution in [-0.2, 0) is 4.79 Å². The maximum atomic E-state index is 11.8. The summed E-state index contributed by atoms with van der Waals surface area (Å²) in [5.74, 6) is 0.163. The lowest BCUT2D eigenvalue weighted by Gasteiger charge is -2.18. The maximum absolute atomic E-state index is 11.8. The van der Waals surface area contributed by atoms with Crippen molar-refractivity contribution in [2.45, 2.75) is 63.5 Å². The van der Waals surface area contributed by atoms with E-state index in [0.717, 1.165) is 32.1 Å². The number of hydrogen-bond acceptors (Lipinski definition) is 2. The average molecular weight is 222 g/mol. The van der Waals surface area contributed by atoms with Gasteiger partial charge in [-0.05, 0) is 44.9 Å². The van der Waals surface area contributed by atoms with Crippen LogP contribution in [0, 0.1) is 0 Å². The van der Waals surface area contributed by atoms with Gasteiger partial charge in [-0.2, -0.15) is 0 Å². The molecule has 90 valence electrons. The van der Waals surface area contributed by atoms with Crippen molar-refractivity contribution in [2.24, 2.45) is 5.73 Å². The Morgan fingerprint density at radius 3 is 2.88 bits per heavy atom. The second-order valence-corrected chi connectivity index (χ2v) is 5.05. The third-order valence-electron chi connectivity index (χ3n) is 3.69. The topological polar surface area (TPSA) is 55.1 Å². The van der Waals surface area contributed by atoms with Crippen molar-refractivity contribution in [3.8, 4) is 0 Å². The molecule has 0 aliphatic heterocycles. The molecule has 1 amide bonds. The second-order valence-electron chi connectivity index (χ2n) is 5.05. The molecule has 0 radical (unpaired) electrons. The maximum Gasteiger partial charge on any atom is 0.224 e. The Morgan fingerprint density at radius 1 is 1.38 bits per heavy atom. The molecule has 16 heavy (non-hydrogen) atoms. The molecule has 0 aromatic carbocycles. The van der Waals surface area contributed by atoms with Gasteiger partial charge >= 0.3 is 0 Å². The van der Waals surface area contributed by atoms with Gasteiger partial charge in [-0.3, -0.25) is 4.79 Å². The van der Waals surface area contributed by atoms with Crippen molar-refractivity contribution in [2.75, 3.05) is 0 Å². The zero-order valence-electron chi connectivity index (χ0n) is 9.87. The van der Waals surface area contributed by atoms with Gasteiger partial charge in [0.05, 0.1) is 0 Å². The Balaban J connectivity index is 1.77. The van der Waals surface area contributed by atoms with Crippen LogP contribution in [0.4, 0.5) is 0 Å². The van der Waals surface area contributed by atoms with E-state index in [1.165, 1.54) is 18.4 Å². The smallest absolute Gasteiger partial charge is 0.224 e. The van der Waals surface area contributed by atoms with E-state index < -0.39 is 0 Å². The first-order valence-electron chi connectivity index (χ1n) is 6.48. The van der Waals surface area contributed by atoms with Crippen LogP contribution in [0.5, 0.6) is 0 Å². The lowest BCUT2D eigenvalue weighted by atomic mass is 9.97. The Hall–Kier alpha value is -0.830. The fourth-order valence-corrected chi connectivity index (χ4v) is 2.70. The molecule has 2 atom stereocenters. The molecule has 1 fully saturated rings. The molecule has 0 spiro atoms. The summed E-state index contributed by atoms with van der Waals surface area (Å²) in [5, 5.41) is 3.07. The van der Waals surface area contributed by atoms with E-state index in [4.69, 9.17) is 5.73 Å². The Morgan fingerprint density at radius 2 is 2.25 bits per heavy atom. The molecule has 2 unspecified atom stereocenters. The largest absolute Gasteiger partial charge is 0.352 e. The summed E-state index contributed by atoms with van der Waals surface area (Å²) in [5.41, 5.74) is 7.25. The van der Waals surface area contributed by atoms with Crippen molar-refractivity contribution in [1.29, 1.82) is 0 Å². The SMILES string of the molecule is NC1CCCC1NC(=O)CC1=CCCCC1. The highest BCUT2D eigenvalue weighted by Crippen LogP contribution is 2.21.